The van der Waals surface area contributed by atoms with Gasteiger partial charge in [-0.05, 0) is 62.8 Å². The van der Waals surface area contributed by atoms with Crippen molar-refractivity contribution >= 4 is 11.8 Å². The summed E-state index contributed by atoms with van der Waals surface area (Å²) in [5.41, 5.74) is 1.23. The maximum absolute atomic E-state index is 12.7. The van der Waals surface area contributed by atoms with Crippen LogP contribution in [0.1, 0.15) is 59.2 Å². The molecule has 1 atom stereocenters. The van der Waals surface area contributed by atoms with Gasteiger partial charge in [-0.1, -0.05) is 0 Å². The van der Waals surface area contributed by atoms with E-state index in [1.54, 1.807) is 24.3 Å². The van der Waals surface area contributed by atoms with Gasteiger partial charge in [0.05, 0.1) is 0 Å². The number of carbonyl (C=O) groups excluding carboxylic acids is 2. The Morgan fingerprint density at radius 3 is 2.48 bits per heavy atom. The van der Waals surface area contributed by atoms with Crippen LogP contribution in [0.4, 0.5) is 0 Å². The number of carbonyl (C=O) groups is 2. The van der Waals surface area contributed by atoms with E-state index in [9.17, 15) is 9.59 Å². The number of nitrogens with zero attached hydrogens (tertiary/aromatic N) is 1. The molecule has 1 heterocycles. The number of hydrogen-bond donors (Lipinski definition) is 2. The first-order valence-electron chi connectivity index (χ1n) is 8.52. The van der Waals surface area contributed by atoms with Crippen LogP contribution in [-0.4, -0.2) is 47.1 Å². The van der Waals surface area contributed by atoms with Crippen LogP contribution in [0.2, 0.25) is 0 Å². The van der Waals surface area contributed by atoms with Gasteiger partial charge < -0.3 is 15.3 Å². The van der Waals surface area contributed by atoms with E-state index in [1.165, 1.54) is 0 Å². The summed E-state index contributed by atoms with van der Waals surface area (Å²) in [4.78, 5) is 26.5. The third-order valence-corrected chi connectivity index (χ3v) is 4.64. The summed E-state index contributed by atoms with van der Waals surface area (Å²) in [5.74, 6) is -0.0342. The van der Waals surface area contributed by atoms with Crippen molar-refractivity contribution in [2.75, 3.05) is 13.2 Å². The van der Waals surface area contributed by atoms with Crippen LogP contribution in [0, 0.1) is 0 Å². The summed E-state index contributed by atoms with van der Waals surface area (Å²) in [7, 11) is 0. The van der Waals surface area contributed by atoms with Gasteiger partial charge in [-0.3, -0.25) is 9.59 Å². The summed E-state index contributed by atoms with van der Waals surface area (Å²) < 4.78 is 0. The molecule has 2 N–H and O–H groups in total. The van der Waals surface area contributed by atoms with Crippen LogP contribution in [-0.2, 0) is 0 Å². The molecule has 23 heavy (non-hydrogen) atoms. The van der Waals surface area contributed by atoms with Crippen molar-refractivity contribution in [2.24, 2.45) is 0 Å². The number of aliphatic hydroxyl groups excluding tert-OH is 1. The Morgan fingerprint density at radius 1 is 1.13 bits per heavy atom. The number of amides is 2. The van der Waals surface area contributed by atoms with Crippen LogP contribution in [0.5, 0.6) is 0 Å². The topological polar surface area (TPSA) is 69.6 Å². The second-order valence-corrected chi connectivity index (χ2v) is 6.49. The highest BCUT2D eigenvalue weighted by molar-refractivity contribution is 5.98. The predicted octanol–water partition coefficient (Wildman–Crippen LogP) is 1.96. The van der Waals surface area contributed by atoms with E-state index >= 15 is 0 Å². The summed E-state index contributed by atoms with van der Waals surface area (Å²) in [5, 5.41) is 11.9. The maximum Gasteiger partial charge on any atom is 0.254 e. The van der Waals surface area contributed by atoms with Gasteiger partial charge in [-0.2, -0.15) is 0 Å². The number of nitrogens with one attached hydrogen (secondary N) is 1. The van der Waals surface area contributed by atoms with Crippen molar-refractivity contribution in [3.63, 3.8) is 0 Å². The second-order valence-electron chi connectivity index (χ2n) is 6.49. The molecule has 2 amide bonds. The van der Waals surface area contributed by atoms with Crippen molar-refractivity contribution in [3.8, 4) is 0 Å². The number of aliphatic hydroxyl groups is 1. The van der Waals surface area contributed by atoms with Gasteiger partial charge in [0.15, 0.2) is 0 Å². The molecule has 1 aliphatic carbocycles. The molecule has 0 spiro atoms. The van der Waals surface area contributed by atoms with Gasteiger partial charge in [0.25, 0.3) is 11.8 Å². The van der Waals surface area contributed by atoms with Gasteiger partial charge in [0, 0.05) is 36.4 Å². The van der Waals surface area contributed by atoms with Crippen LogP contribution in [0.25, 0.3) is 0 Å². The minimum absolute atomic E-state index is 0.0274. The highest BCUT2D eigenvalue weighted by Gasteiger charge is 2.29. The molecule has 3 rings (SSSR count). The highest BCUT2D eigenvalue weighted by Crippen LogP contribution is 2.24. The molecule has 1 aromatic rings. The van der Waals surface area contributed by atoms with E-state index in [4.69, 9.17) is 5.11 Å². The number of likely N-dealkylation sites (tertiary alicyclic amines) is 1. The zero-order valence-electron chi connectivity index (χ0n) is 13.3. The quantitative estimate of drug-likeness (QED) is 0.843. The first-order valence-corrected chi connectivity index (χ1v) is 8.52. The Bertz CT molecular complexity index is 566. The molecule has 2 fully saturated rings. The number of benzene rings is 1. The highest BCUT2D eigenvalue weighted by atomic mass is 16.3. The van der Waals surface area contributed by atoms with Crippen LogP contribution in [0.3, 0.4) is 0 Å². The Kier molecular flexibility index (Phi) is 4.96. The molecule has 0 bridgehead atoms. The van der Waals surface area contributed by atoms with E-state index in [0.717, 1.165) is 45.1 Å². The summed E-state index contributed by atoms with van der Waals surface area (Å²) in [6.07, 6.45) is 5.73. The third-order valence-electron chi connectivity index (χ3n) is 4.64. The molecule has 0 aromatic heterocycles. The van der Waals surface area contributed by atoms with E-state index in [-0.39, 0.29) is 24.5 Å². The van der Waals surface area contributed by atoms with E-state index < -0.39 is 0 Å². The molecule has 1 aliphatic heterocycles. The number of hydrogen-bond acceptors (Lipinski definition) is 3. The van der Waals surface area contributed by atoms with Crippen molar-refractivity contribution in [2.45, 2.75) is 50.6 Å². The zero-order chi connectivity index (χ0) is 16.2. The van der Waals surface area contributed by atoms with Crippen molar-refractivity contribution in [1.29, 1.82) is 0 Å². The molecule has 1 saturated heterocycles. The normalized spacial score (nSPS) is 20.6. The predicted molar refractivity (Wildman–Crippen MR) is 87.3 cm³/mol. The Morgan fingerprint density at radius 2 is 1.83 bits per heavy atom. The van der Waals surface area contributed by atoms with Crippen molar-refractivity contribution in [3.05, 3.63) is 35.4 Å². The molecule has 0 radical (unpaired) electrons. The number of rotatable bonds is 6. The lowest BCUT2D eigenvalue weighted by atomic mass is 10.1. The first kappa shape index (κ1) is 16.0. The Labute approximate surface area is 136 Å². The standard InChI is InChI=1S/C18H24N2O3/c21-12-2-4-16-3-1-11-20(16)18(23)14-7-5-13(6-8-14)17(22)19-15-9-10-15/h5-8,15-16,21H,1-4,9-12H2,(H,19,22). The molecular weight excluding hydrogens is 292 g/mol. The van der Waals surface area contributed by atoms with Gasteiger partial charge >= 0.3 is 0 Å². The van der Waals surface area contributed by atoms with Gasteiger partial charge in [-0.15, -0.1) is 0 Å². The molecule has 2 aliphatic rings. The Balaban J connectivity index is 1.63. The minimum Gasteiger partial charge on any atom is -0.396 e. The molecule has 1 saturated carbocycles. The summed E-state index contributed by atoms with van der Waals surface area (Å²) in [6, 6.07) is 7.50. The largest absolute Gasteiger partial charge is 0.396 e. The molecule has 5 heteroatoms. The maximum atomic E-state index is 12.7. The average molecular weight is 316 g/mol. The average Bonchev–Trinajstić information content (AvgIpc) is 3.26. The van der Waals surface area contributed by atoms with Gasteiger partial charge in [0.1, 0.15) is 0 Å². The summed E-state index contributed by atoms with van der Waals surface area (Å²) in [6.45, 7) is 0.947. The Hall–Kier alpha value is -1.88. The fourth-order valence-corrected chi connectivity index (χ4v) is 3.16. The second kappa shape index (κ2) is 7.13. The smallest absolute Gasteiger partial charge is 0.254 e. The van der Waals surface area contributed by atoms with Crippen LogP contribution < -0.4 is 5.32 Å². The van der Waals surface area contributed by atoms with E-state index in [0.29, 0.717) is 17.2 Å². The summed E-state index contributed by atoms with van der Waals surface area (Å²) >= 11 is 0. The lowest BCUT2D eigenvalue weighted by molar-refractivity contribution is 0.0724. The van der Waals surface area contributed by atoms with Crippen molar-refractivity contribution < 1.29 is 14.7 Å². The fourth-order valence-electron chi connectivity index (χ4n) is 3.16. The zero-order valence-corrected chi connectivity index (χ0v) is 13.3. The third kappa shape index (κ3) is 3.91. The monoisotopic (exact) mass is 316 g/mol. The first-order chi connectivity index (χ1) is 11.2. The molecule has 1 aromatic carbocycles. The van der Waals surface area contributed by atoms with Gasteiger partial charge in [0.2, 0.25) is 0 Å². The SMILES string of the molecule is O=C(NC1CC1)c1ccc(C(=O)N2CCCC2CCCO)cc1. The van der Waals surface area contributed by atoms with E-state index in [2.05, 4.69) is 5.32 Å². The fraction of sp³-hybridized carbons (Fsp3) is 0.556. The van der Waals surface area contributed by atoms with E-state index in [1.807, 2.05) is 4.90 Å². The van der Waals surface area contributed by atoms with Gasteiger partial charge in [-0.25, -0.2) is 0 Å². The van der Waals surface area contributed by atoms with Crippen molar-refractivity contribution in [1.82, 2.24) is 10.2 Å². The molecule has 5 nitrogen and oxygen atoms in total. The molecule has 1 unspecified atom stereocenters. The lowest BCUT2D eigenvalue weighted by Gasteiger charge is -2.24. The lowest BCUT2D eigenvalue weighted by Crippen LogP contribution is -2.35. The van der Waals surface area contributed by atoms with Crippen LogP contribution in [0.15, 0.2) is 24.3 Å². The minimum atomic E-state index is -0.0616. The van der Waals surface area contributed by atoms with Crippen LogP contribution >= 0.6 is 0 Å². The molecular formula is C18H24N2O3. The molecule has 124 valence electrons.